The molecule has 3 N–H and O–H groups in total. The van der Waals surface area contributed by atoms with Crippen LogP contribution in [-0.4, -0.2) is 53.9 Å². The third-order valence-corrected chi connectivity index (χ3v) is 7.44. The molecule has 0 aromatic heterocycles. The van der Waals surface area contributed by atoms with Crippen molar-refractivity contribution in [1.82, 2.24) is 9.80 Å². The standard InChI is InChI=1S/C27H30FN5O4S/c1-27(2,3)25(35)31-22-8-16(10-29)4-5-18(22)15-37-26(36)33-13-19-11-32(12-20(19)14-33)24(34)17-6-7-23(38-30)21(28)9-17/h4-9,19-20H,11-15,30H2,1-3H3,(H,31,35). The van der Waals surface area contributed by atoms with Crippen LogP contribution in [0.4, 0.5) is 14.9 Å². The molecule has 0 saturated carbocycles. The third-order valence-electron chi connectivity index (χ3n) is 6.86. The van der Waals surface area contributed by atoms with E-state index in [-0.39, 0.29) is 40.7 Å². The molecule has 9 nitrogen and oxygen atoms in total. The number of carbonyl (C=O) groups is 3. The predicted octanol–water partition coefficient (Wildman–Crippen LogP) is 3.99. The van der Waals surface area contributed by atoms with Crippen LogP contribution in [0.5, 0.6) is 0 Å². The molecular weight excluding hydrogens is 509 g/mol. The monoisotopic (exact) mass is 539 g/mol. The van der Waals surface area contributed by atoms with E-state index in [2.05, 4.69) is 5.32 Å². The summed E-state index contributed by atoms with van der Waals surface area (Å²) in [6.07, 6.45) is -0.480. The summed E-state index contributed by atoms with van der Waals surface area (Å²) in [5, 5.41) is 17.5. The largest absolute Gasteiger partial charge is 0.444 e. The Bertz CT molecular complexity index is 1290. The Kier molecular flexibility index (Phi) is 7.94. The highest BCUT2D eigenvalue weighted by molar-refractivity contribution is 7.97. The van der Waals surface area contributed by atoms with Gasteiger partial charge >= 0.3 is 6.09 Å². The number of nitrogens with one attached hydrogen (secondary N) is 1. The number of anilines is 1. The highest BCUT2D eigenvalue weighted by Crippen LogP contribution is 2.33. The van der Waals surface area contributed by atoms with Crippen LogP contribution >= 0.6 is 11.9 Å². The smallest absolute Gasteiger partial charge is 0.410 e. The number of nitrogens with zero attached hydrogens (tertiary/aromatic N) is 3. The molecule has 0 aliphatic carbocycles. The third kappa shape index (κ3) is 5.92. The van der Waals surface area contributed by atoms with Gasteiger partial charge in [0, 0.05) is 60.2 Å². The minimum absolute atomic E-state index is 0.0661. The fourth-order valence-electron chi connectivity index (χ4n) is 4.65. The zero-order valence-corrected chi connectivity index (χ0v) is 22.3. The maximum Gasteiger partial charge on any atom is 0.410 e. The molecule has 4 rings (SSSR count). The fraction of sp³-hybridized carbons (Fsp3) is 0.407. The quantitative estimate of drug-likeness (QED) is 0.550. The van der Waals surface area contributed by atoms with Crippen molar-refractivity contribution in [2.45, 2.75) is 32.3 Å². The lowest BCUT2D eigenvalue weighted by molar-refractivity contribution is -0.123. The van der Waals surface area contributed by atoms with E-state index in [1.165, 1.54) is 12.1 Å². The van der Waals surface area contributed by atoms with Gasteiger partial charge in [0.25, 0.3) is 5.91 Å². The van der Waals surface area contributed by atoms with Gasteiger partial charge in [-0.3, -0.25) is 14.7 Å². The number of rotatable bonds is 5. The summed E-state index contributed by atoms with van der Waals surface area (Å²) in [6.45, 7) is 7.13. The number of fused-ring (bicyclic) bond motifs is 1. The average molecular weight is 540 g/mol. The second-order valence-corrected chi connectivity index (χ2v) is 11.3. The van der Waals surface area contributed by atoms with E-state index in [9.17, 15) is 24.0 Å². The highest BCUT2D eigenvalue weighted by atomic mass is 32.2. The molecule has 2 aliphatic heterocycles. The van der Waals surface area contributed by atoms with E-state index in [1.54, 1.807) is 54.8 Å². The number of likely N-dealkylation sites (tertiary alicyclic amines) is 2. The predicted molar refractivity (Wildman–Crippen MR) is 140 cm³/mol. The minimum atomic E-state index is -0.639. The Morgan fingerprint density at radius 2 is 1.76 bits per heavy atom. The van der Waals surface area contributed by atoms with E-state index in [0.717, 1.165) is 11.9 Å². The summed E-state index contributed by atoms with van der Waals surface area (Å²) in [5.74, 6) is -0.784. The zero-order chi connectivity index (χ0) is 27.6. The van der Waals surface area contributed by atoms with Crippen LogP contribution in [0.3, 0.4) is 0 Å². The van der Waals surface area contributed by atoms with Crippen molar-refractivity contribution in [3.63, 3.8) is 0 Å². The normalized spacial score (nSPS) is 18.6. The number of nitrogens with two attached hydrogens (primary N) is 1. The zero-order valence-electron chi connectivity index (χ0n) is 21.5. The summed E-state index contributed by atoms with van der Waals surface area (Å²) in [5.41, 5.74) is 1.03. The van der Waals surface area contributed by atoms with Crippen LogP contribution < -0.4 is 10.5 Å². The molecule has 2 heterocycles. The van der Waals surface area contributed by atoms with Crippen molar-refractivity contribution < 1.29 is 23.5 Å². The van der Waals surface area contributed by atoms with Crippen molar-refractivity contribution >= 4 is 35.5 Å². The van der Waals surface area contributed by atoms with Crippen molar-refractivity contribution in [2.75, 3.05) is 31.5 Å². The number of hydrogen-bond acceptors (Lipinski definition) is 7. The highest BCUT2D eigenvalue weighted by Gasteiger charge is 2.43. The lowest BCUT2D eigenvalue weighted by atomic mass is 9.95. The van der Waals surface area contributed by atoms with Crippen molar-refractivity contribution in [3.05, 3.63) is 58.9 Å². The van der Waals surface area contributed by atoms with Gasteiger partial charge in [-0.25, -0.2) is 9.18 Å². The Morgan fingerprint density at radius 1 is 1.11 bits per heavy atom. The number of nitriles is 1. The summed E-state index contributed by atoms with van der Waals surface area (Å²) in [4.78, 5) is 41.8. The van der Waals surface area contributed by atoms with Gasteiger partial charge in [-0.2, -0.15) is 5.26 Å². The van der Waals surface area contributed by atoms with Crippen molar-refractivity contribution in [1.29, 1.82) is 5.26 Å². The van der Waals surface area contributed by atoms with Gasteiger partial charge in [0.05, 0.1) is 16.5 Å². The first-order valence-electron chi connectivity index (χ1n) is 12.2. The van der Waals surface area contributed by atoms with Gasteiger partial charge in [0.15, 0.2) is 0 Å². The summed E-state index contributed by atoms with van der Waals surface area (Å²) in [7, 11) is 0. The van der Waals surface area contributed by atoms with E-state index in [1.807, 2.05) is 6.07 Å². The molecule has 200 valence electrons. The Morgan fingerprint density at radius 3 is 2.34 bits per heavy atom. The average Bonchev–Trinajstić information content (AvgIpc) is 3.46. The van der Waals surface area contributed by atoms with Crippen LogP contribution in [0.25, 0.3) is 0 Å². The second kappa shape index (κ2) is 11.0. The molecule has 2 atom stereocenters. The molecule has 0 radical (unpaired) electrons. The van der Waals surface area contributed by atoms with E-state index >= 15 is 0 Å². The minimum Gasteiger partial charge on any atom is -0.444 e. The number of amides is 3. The first-order chi connectivity index (χ1) is 18.0. The molecule has 2 unspecified atom stereocenters. The van der Waals surface area contributed by atoms with Gasteiger partial charge in [-0.15, -0.1) is 0 Å². The molecular formula is C27H30FN5O4S. The number of ether oxygens (including phenoxy) is 1. The van der Waals surface area contributed by atoms with Gasteiger partial charge < -0.3 is 19.9 Å². The SMILES string of the molecule is CC(C)(C)C(=O)Nc1cc(C#N)ccc1COC(=O)N1CC2CN(C(=O)c3ccc(SN)c(F)c3)CC2C1. The van der Waals surface area contributed by atoms with Crippen LogP contribution in [0, 0.1) is 34.4 Å². The number of benzene rings is 2. The number of halogens is 1. The Balaban J connectivity index is 1.34. The molecule has 3 amide bonds. The van der Waals surface area contributed by atoms with Crippen LogP contribution in [0.2, 0.25) is 0 Å². The Labute approximate surface area is 225 Å². The van der Waals surface area contributed by atoms with Crippen molar-refractivity contribution in [3.8, 4) is 6.07 Å². The first kappa shape index (κ1) is 27.4. The van der Waals surface area contributed by atoms with Crippen LogP contribution in [-0.2, 0) is 16.1 Å². The molecule has 2 saturated heterocycles. The van der Waals surface area contributed by atoms with Crippen LogP contribution in [0.15, 0.2) is 41.3 Å². The molecule has 2 aliphatic rings. The molecule has 38 heavy (non-hydrogen) atoms. The molecule has 0 bridgehead atoms. The van der Waals surface area contributed by atoms with E-state index < -0.39 is 17.3 Å². The molecule has 2 fully saturated rings. The molecule has 11 heteroatoms. The fourth-order valence-corrected chi connectivity index (χ4v) is 4.97. The van der Waals surface area contributed by atoms with E-state index in [4.69, 9.17) is 9.88 Å². The molecule has 2 aromatic rings. The maximum atomic E-state index is 14.1. The number of hydrogen-bond donors (Lipinski definition) is 2. The van der Waals surface area contributed by atoms with E-state index in [0.29, 0.717) is 43.0 Å². The molecule has 2 aromatic carbocycles. The molecule has 0 spiro atoms. The maximum absolute atomic E-state index is 14.1. The van der Waals surface area contributed by atoms with Crippen LogP contribution in [0.1, 0.15) is 42.3 Å². The first-order valence-corrected chi connectivity index (χ1v) is 13.1. The second-order valence-electron chi connectivity index (χ2n) is 10.6. The topological polar surface area (TPSA) is 129 Å². The lowest BCUT2D eigenvalue weighted by Crippen LogP contribution is -2.36. The van der Waals surface area contributed by atoms with Gasteiger partial charge in [0.2, 0.25) is 5.91 Å². The summed E-state index contributed by atoms with van der Waals surface area (Å²) < 4.78 is 19.6. The van der Waals surface area contributed by atoms with Gasteiger partial charge in [0.1, 0.15) is 12.4 Å². The van der Waals surface area contributed by atoms with Gasteiger partial charge in [-0.1, -0.05) is 26.8 Å². The van der Waals surface area contributed by atoms with Gasteiger partial charge in [-0.05, 0) is 42.3 Å². The summed E-state index contributed by atoms with van der Waals surface area (Å²) >= 11 is 0.792. The number of carbonyl (C=O) groups excluding carboxylic acids is 3. The summed E-state index contributed by atoms with van der Waals surface area (Å²) in [6, 6.07) is 11.1. The van der Waals surface area contributed by atoms with Crippen molar-refractivity contribution in [2.24, 2.45) is 22.4 Å². The lowest BCUT2D eigenvalue weighted by Gasteiger charge is -2.22. The Hall–Kier alpha value is -3.62.